The van der Waals surface area contributed by atoms with Crippen molar-refractivity contribution in [2.45, 2.75) is 25.0 Å². The second-order valence-electron chi connectivity index (χ2n) is 5.66. The van der Waals surface area contributed by atoms with Crippen molar-refractivity contribution < 1.29 is 32.5 Å². The molecule has 0 aromatic heterocycles. The molecular formula is C17H12ClF3O4. The highest BCUT2D eigenvalue weighted by Crippen LogP contribution is 2.45. The SMILES string of the molecule is CC1(c2cccc(C(F)(F)F)c2)OC(C(=O)O)Oc2ccc(Cl)cc21. The minimum absolute atomic E-state index is 0.139. The average Bonchev–Trinajstić information content (AvgIpc) is 2.54. The van der Waals surface area contributed by atoms with Crippen molar-refractivity contribution >= 4 is 17.6 Å². The van der Waals surface area contributed by atoms with E-state index in [0.717, 1.165) is 12.1 Å². The number of hydrogen-bond donors (Lipinski definition) is 1. The Morgan fingerprint density at radius 2 is 1.96 bits per heavy atom. The fourth-order valence-electron chi connectivity index (χ4n) is 2.71. The van der Waals surface area contributed by atoms with E-state index in [1.807, 2.05) is 0 Å². The molecule has 25 heavy (non-hydrogen) atoms. The Kier molecular flexibility index (Phi) is 4.17. The number of fused-ring (bicyclic) bond motifs is 1. The van der Waals surface area contributed by atoms with Gasteiger partial charge < -0.3 is 14.6 Å². The molecule has 0 saturated carbocycles. The van der Waals surface area contributed by atoms with E-state index >= 15 is 0 Å². The molecule has 2 aromatic carbocycles. The summed E-state index contributed by atoms with van der Waals surface area (Å²) in [5.74, 6) is -1.21. The number of hydrogen-bond acceptors (Lipinski definition) is 3. The van der Waals surface area contributed by atoms with Gasteiger partial charge in [0.15, 0.2) is 0 Å². The van der Waals surface area contributed by atoms with Crippen molar-refractivity contribution in [2.24, 2.45) is 0 Å². The van der Waals surface area contributed by atoms with Gasteiger partial charge in [-0.05, 0) is 42.8 Å². The van der Waals surface area contributed by atoms with Crippen LogP contribution in [-0.2, 0) is 21.3 Å². The molecule has 0 saturated heterocycles. The lowest BCUT2D eigenvalue weighted by atomic mass is 9.85. The Morgan fingerprint density at radius 1 is 1.24 bits per heavy atom. The average molecular weight is 373 g/mol. The highest BCUT2D eigenvalue weighted by atomic mass is 35.5. The number of aliphatic carboxylic acids is 1. The number of halogens is 4. The van der Waals surface area contributed by atoms with Crippen molar-refractivity contribution in [3.63, 3.8) is 0 Å². The minimum Gasteiger partial charge on any atom is -0.477 e. The molecule has 1 aliphatic rings. The van der Waals surface area contributed by atoms with E-state index in [4.69, 9.17) is 21.1 Å². The summed E-state index contributed by atoms with van der Waals surface area (Å²) >= 11 is 5.99. The van der Waals surface area contributed by atoms with Crippen molar-refractivity contribution in [2.75, 3.05) is 0 Å². The summed E-state index contributed by atoms with van der Waals surface area (Å²) < 4.78 is 49.9. The maximum Gasteiger partial charge on any atom is 0.416 e. The van der Waals surface area contributed by atoms with E-state index < -0.39 is 29.6 Å². The van der Waals surface area contributed by atoms with Crippen LogP contribution >= 0.6 is 11.6 Å². The van der Waals surface area contributed by atoms with Gasteiger partial charge in [-0.25, -0.2) is 4.79 Å². The normalized spacial score (nSPS) is 22.8. The number of alkyl halides is 3. The van der Waals surface area contributed by atoms with Crippen LogP contribution in [0.4, 0.5) is 13.2 Å². The Labute approximate surface area is 145 Å². The van der Waals surface area contributed by atoms with Crippen molar-refractivity contribution in [3.8, 4) is 5.75 Å². The Balaban J connectivity index is 2.19. The molecule has 0 spiro atoms. The van der Waals surface area contributed by atoms with Gasteiger partial charge >= 0.3 is 12.1 Å². The topological polar surface area (TPSA) is 55.8 Å². The summed E-state index contributed by atoms with van der Waals surface area (Å²) in [5, 5.41) is 9.54. The molecule has 2 aromatic rings. The molecule has 0 amide bonds. The first kappa shape index (κ1) is 17.6. The predicted octanol–water partition coefficient (Wildman–Crippen LogP) is 4.44. The number of benzene rings is 2. The zero-order valence-corrected chi connectivity index (χ0v) is 13.6. The fourth-order valence-corrected chi connectivity index (χ4v) is 2.88. The number of carboxylic acids is 1. The standard InChI is InChI=1S/C17H12ClF3O4/c1-16(9-3-2-4-10(7-9)17(19,20)21)12-8-11(18)5-6-13(12)24-15(25-16)14(22)23/h2-8,15H,1H3,(H,22,23). The molecule has 0 aliphatic carbocycles. The van der Waals surface area contributed by atoms with Crippen LogP contribution in [0.15, 0.2) is 42.5 Å². The number of carbonyl (C=O) groups is 1. The first-order valence-corrected chi connectivity index (χ1v) is 7.54. The quantitative estimate of drug-likeness (QED) is 0.846. The second kappa shape index (κ2) is 5.93. The molecule has 2 atom stereocenters. The maximum atomic E-state index is 13.0. The van der Waals surface area contributed by atoms with Crippen LogP contribution in [0.1, 0.15) is 23.6 Å². The zero-order chi connectivity index (χ0) is 18.4. The third-order valence-electron chi connectivity index (χ3n) is 3.97. The molecule has 1 heterocycles. The molecule has 0 radical (unpaired) electrons. The summed E-state index contributed by atoms with van der Waals surface area (Å²) in [6.07, 6.45) is -6.20. The Morgan fingerprint density at radius 3 is 2.60 bits per heavy atom. The molecule has 0 bridgehead atoms. The number of carboxylic acid groups (broad SMARTS) is 1. The van der Waals surface area contributed by atoms with Gasteiger partial charge in [0.1, 0.15) is 11.4 Å². The monoisotopic (exact) mass is 372 g/mol. The predicted molar refractivity (Wildman–Crippen MR) is 82.5 cm³/mol. The summed E-state index contributed by atoms with van der Waals surface area (Å²) in [4.78, 5) is 11.3. The zero-order valence-electron chi connectivity index (χ0n) is 12.8. The van der Waals surface area contributed by atoms with Crippen molar-refractivity contribution in [3.05, 3.63) is 64.2 Å². The maximum absolute atomic E-state index is 13.0. The van der Waals surface area contributed by atoms with E-state index in [1.54, 1.807) is 0 Å². The molecule has 1 N–H and O–H groups in total. The van der Waals surface area contributed by atoms with Gasteiger partial charge in [-0.3, -0.25) is 0 Å². The van der Waals surface area contributed by atoms with Crippen LogP contribution in [0.5, 0.6) is 5.75 Å². The van der Waals surface area contributed by atoms with Gasteiger partial charge in [-0.1, -0.05) is 23.7 Å². The molecule has 132 valence electrons. The van der Waals surface area contributed by atoms with E-state index in [0.29, 0.717) is 10.6 Å². The molecule has 0 fully saturated rings. The van der Waals surface area contributed by atoms with E-state index in [9.17, 15) is 23.1 Å². The lowest BCUT2D eigenvalue weighted by Crippen LogP contribution is -2.44. The van der Waals surface area contributed by atoms with Crippen LogP contribution in [0, 0.1) is 0 Å². The van der Waals surface area contributed by atoms with Crippen LogP contribution in [-0.4, -0.2) is 17.4 Å². The van der Waals surface area contributed by atoms with Crippen LogP contribution < -0.4 is 4.74 Å². The largest absolute Gasteiger partial charge is 0.477 e. The second-order valence-corrected chi connectivity index (χ2v) is 6.09. The first-order chi connectivity index (χ1) is 11.6. The summed E-state index contributed by atoms with van der Waals surface area (Å²) in [6.45, 7) is 1.48. The van der Waals surface area contributed by atoms with Gasteiger partial charge in [0.25, 0.3) is 6.29 Å². The molecular weight excluding hydrogens is 361 g/mol. The van der Waals surface area contributed by atoms with Gasteiger partial charge in [-0.15, -0.1) is 0 Å². The van der Waals surface area contributed by atoms with Crippen molar-refractivity contribution in [1.82, 2.24) is 0 Å². The van der Waals surface area contributed by atoms with Gasteiger partial charge in [0, 0.05) is 10.6 Å². The lowest BCUT2D eigenvalue weighted by molar-refractivity contribution is -0.201. The molecule has 2 unspecified atom stereocenters. The Hall–Kier alpha value is -2.25. The summed E-state index contributed by atoms with van der Waals surface area (Å²) in [6, 6.07) is 8.97. The molecule has 1 aliphatic heterocycles. The van der Waals surface area contributed by atoms with E-state index in [-0.39, 0.29) is 11.3 Å². The summed E-state index contributed by atoms with van der Waals surface area (Å²) in [7, 11) is 0. The van der Waals surface area contributed by atoms with Crippen LogP contribution in [0.2, 0.25) is 5.02 Å². The Bertz CT molecular complexity index is 837. The van der Waals surface area contributed by atoms with Crippen molar-refractivity contribution in [1.29, 1.82) is 0 Å². The van der Waals surface area contributed by atoms with E-state index in [2.05, 4.69) is 0 Å². The lowest BCUT2D eigenvalue weighted by Gasteiger charge is -2.39. The number of rotatable bonds is 2. The van der Waals surface area contributed by atoms with E-state index in [1.165, 1.54) is 37.3 Å². The summed E-state index contributed by atoms with van der Waals surface area (Å²) in [5.41, 5.74) is -1.86. The smallest absolute Gasteiger partial charge is 0.416 e. The third-order valence-corrected chi connectivity index (χ3v) is 4.21. The van der Waals surface area contributed by atoms with Gasteiger partial charge in [0.05, 0.1) is 5.56 Å². The number of ether oxygens (including phenoxy) is 2. The fraction of sp³-hybridized carbons (Fsp3) is 0.235. The van der Waals surface area contributed by atoms with Crippen LogP contribution in [0.25, 0.3) is 0 Å². The molecule has 8 heteroatoms. The first-order valence-electron chi connectivity index (χ1n) is 7.16. The molecule has 4 nitrogen and oxygen atoms in total. The van der Waals surface area contributed by atoms with Gasteiger partial charge in [-0.2, -0.15) is 13.2 Å². The molecule has 3 rings (SSSR count). The van der Waals surface area contributed by atoms with Gasteiger partial charge in [0.2, 0.25) is 0 Å². The van der Waals surface area contributed by atoms with Crippen LogP contribution in [0.3, 0.4) is 0 Å². The minimum atomic E-state index is -4.54. The highest BCUT2D eigenvalue weighted by molar-refractivity contribution is 6.30. The highest BCUT2D eigenvalue weighted by Gasteiger charge is 2.44. The third kappa shape index (κ3) is 3.17.